The smallest absolute Gasteiger partial charge is 0.143 e. The Morgan fingerprint density at radius 1 is 1.05 bits per heavy atom. The van der Waals surface area contributed by atoms with Crippen molar-refractivity contribution in [2.24, 2.45) is 0 Å². The van der Waals surface area contributed by atoms with Crippen molar-refractivity contribution in [3.05, 3.63) is 69.4 Å². The predicted octanol–water partition coefficient (Wildman–Crippen LogP) is 4.97. The minimum absolute atomic E-state index is 0.0600. The molecular weight excluding hydrogens is 319 g/mol. The summed E-state index contributed by atoms with van der Waals surface area (Å²) < 4.78 is 14.4. The Hall–Kier alpha value is -1.19. The van der Waals surface area contributed by atoms with E-state index in [1.54, 1.807) is 18.2 Å². The Morgan fingerprint density at radius 2 is 1.65 bits per heavy atom. The molecule has 0 aliphatic rings. The molecular formula is C17H18BrFO. The molecule has 0 aliphatic heterocycles. The van der Waals surface area contributed by atoms with Gasteiger partial charge in [-0.25, -0.2) is 4.39 Å². The highest BCUT2D eigenvalue weighted by atomic mass is 79.9. The van der Waals surface area contributed by atoms with Crippen LogP contribution in [0.3, 0.4) is 0 Å². The fourth-order valence-corrected chi connectivity index (χ4v) is 2.46. The van der Waals surface area contributed by atoms with Crippen LogP contribution in [-0.4, -0.2) is 5.11 Å². The maximum absolute atomic E-state index is 14.0. The first-order valence-electron chi connectivity index (χ1n) is 6.53. The number of hydrogen-bond donors (Lipinski definition) is 1. The second-order valence-electron chi connectivity index (χ2n) is 5.92. The number of benzene rings is 2. The molecule has 0 aromatic heterocycles. The molecule has 1 N–H and O–H groups in total. The zero-order chi connectivity index (χ0) is 14.9. The highest BCUT2D eigenvalue weighted by Gasteiger charge is 2.18. The van der Waals surface area contributed by atoms with Gasteiger partial charge in [-0.15, -0.1) is 0 Å². The van der Waals surface area contributed by atoms with Crippen LogP contribution in [0.5, 0.6) is 0 Å². The fraction of sp³-hybridized carbons (Fsp3) is 0.294. The van der Waals surface area contributed by atoms with Gasteiger partial charge in [-0.3, -0.25) is 0 Å². The van der Waals surface area contributed by atoms with Crippen LogP contribution in [-0.2, 0) is 5.41 Å². The molecule has 1 nitrogen and oxygen atoms in total. The zero-order valence-electron chi connectivity index (χ0n) is 11.8. The monoisotopic (exact) mass is 336 g/mol. The van der Waals surface area contributed by atoms with Gasteiger partial charge in [0.1, 0.15) is 11.9 Å². The van der Waals surface area contributed by atoms with Crippen LogP contribution >= 0.6 is 15.9 Å². The molecule has 106 valence electrons. The second kappa shape index (κ2) is 5.66. The molecule has 0 saturated heterocycles. The summed E-state index contributed by atoms with van der Waals surface area (Å²) in [5.74, 6) is -0.417. The summed E-state index contributed by atoms with van der Waals surface area (Å²) >= 11 is 3.14. The van der Waals surface area contributed by atoms with E-state index in [0.717, 1.165) is 0 Å². The summed E-state index contributed by atoms with van der Waals surface area (Å²) in [5.41, 5.74) is 2.21. The lowest BCUT2D eigenvalue weighted by molar-refractivity contribution is 0.214. The largest absolute Gasteiger partial charge is 0.384 e. The van der Waals surface area contributed by atoms with Crippen LogP contribution in [0.15, 0.2) is 46.9 Å². The van der Waals surface area contributed by atoms with E-state index in [1.807, 2.05) is 24.3 Å². The van der Waals surface area contributed by atoms with Crippen LogP contribution < -0.4 is 0 Å². The second-order valence-corrected chi connectivity index (χ2v) is 6.77. The van der Waals surface area contributed by atoms with E-state index in [1.165, 1.54) is 5.56 Å². The molecule has 0 saturated carbocycles. The highest BCUT2D eigenvalue weighted by molar-refractivity contribution is 9.10. The first kappa shape index (κ1) is 15.2. The third-order valence-electron chi connectivity index (χ3n) is 3.37. The summed E-state index contributed by atoms with van der Waals surface area (Å²) in [6.45, 7) is 6.39. The van der Waals surface area contributed by atoms with E-state index in [2.05, 4.69) is 36.7 Å². The van der Waals surface area contributed by atoms with E-state index >= 15 is 0 Å². The third-order valence-corrected chi connectivity index (χ3v) is 3.98. The van der Waals surface area contributed by atoms with Crippen molar-refractivity contribution in [2.45, 2.75) is 32.3 Å². The molecule has 2 aromatic carbocycles. The lowest BCUT2D eigenvalue weighted by atomic mass is 9.86. The van der Waals surface area contributed by atoms with Crippen molar-refractivity contribution < 1.29 is 9.50 Å². The van der Waals surface area contributed by atoms with E-state index in [4.69, 9.17) is 0 Å². The van der Waals surface area contributed by atoms with Gasteiger partial charge in [-0.2, -0.15) is 0 Å². The molecule has 1 atom stereocenters. The van der Waals surface area contributed by atoms with Crippen molar-refractivity contribution in [2.75, 3.05) is 0 Å². The van der Waals surface area contributed by atoms with Gasteiger partial charge < -0.3 is 5.11 Å². The minimum Gasteiger partial charge on any atom is -0.384 e. The SMILES string of the molecule is CC(C)(C)c1ccc(C(O)c2cccc(Br)c2F)cc1. The predicted molar refractivity (Wildman–Crippen MR) is 83.3 cm³/mol. The first-order valence-corrected chi connectivity index (χ1v) is 7.32. The van der Waals surface area contributed by atoms with Gasteiger partial charge in [0, 0.05) is 5.56 Å². The van der Waals surface area contributed by atoms with Gasteiger partial charge in [0.05, 0.1) is 4.47 Å². The van der Waals surface area contributed by atoms with Crippen LogP contribution in [0, 0.1) is 5.82 Å². The van der Waals surface area contributed by atoms with Gasteiger partial charge in [-0.1, -0.05) is 57.2 Å². The maximum atomic E-state index is 14.0. The summed E-state index contributed by atoms with van der Waals surface area (Å²) in [7, 11) is 0. The van der Waals surface area contributed by atoms with Crippen LogP contribution in [0.2, 0.25) is 0 Å². The van der Waals surface area contributed by atoms with Crippen LogP contribution in [0.4, 0.5) is 4.39 Å². The molecule has 0 bridgehead atoms. The van der Waals surface area contributed by atoms with Crippen molar-refractivity contribution in [1.29, 1.82) is 0 Å². The highest BCUT2D eigenvalue weighted by Crippen LogP contribution is 2.30. The Kier molecular flexibility index (Phi) is 4.31. The van der Waals surface area contributed by atoms with Crippen molar-refractivity contribution in [1.82, 2.24) is 0 Å². The molecule has 20 heavy (non-hydrogen) atoms. The molecule has 1 unspecified atom stereocenters. The molecule has 3 heteroatoms. The van der Waals surface area contributed by atoms with Gasteiger partial charge in [0.2, 0.25) is 0 Å². The van der Waals surface area contributed by atoms with E-state index in [-0.39, 0.29) is 11.0 Å². The summed E-state index contributed by atoms with van der Waals surface area (Å²) in [6, 6.07) is 12.6. The van der Waals surface area contributed by atoms with Crippen molar-refractivity contribution >= 4 is 15.9 Å². The molecule has 0 radical (unpaired) electrons. The molecule has 0 amide bonds. The number of hydrogen-bond acceptors (Lipinski definition) is 1. The Morgan fingerprint density at radius 3 is 2.20 bits per heavy atom. The first-order chi connectivity index (χ1) is 9.30. The third kappa shape index (κ3) is 3.10. The average Bonchev–Trinajstić information content (AvgIpc) is 2.40. The van der Waals surface area contributed by atoms with Crippen LogP contribution in [0.1, 0.15) is 43.6 Å². The number of rotatable bonds is 2. The molecule has 0 spiro atoms. The van der Waals surface area contributed by atoms with Crippen molar-refractivity contribution in [3.8, 4) is 0 Å². The summed E-state index contributed by atoms with van der Waals surface area (Å²) in [6.07, 6.45) is -0.957. The van der Waals surface area contributed by atoms with E-state index in [9.17, 15) is 9.50 Å². The molecule has 2 aromatic rings. The molecule has 0 aliphatic carbocycles. The zero-order valence-corrected chi connectivity index (χ0v) is 13.4. The quantitative estimate of drug-likeness (QED) is 0.821. The number of halogens is 2. The fourth-order valence-electron chi connectivity index (χ4n) is 2.08. The number of aliphatic hydroxyl groups excluding tert-OH is 1. The van der Waals surface area contributed by atoms with E-state index in [0.29, 0.717) is 10.0 Å². The standard InChI is InChI=1S/C17H18BrFO/c1-17(2,3)12-9-7-11(8-10-12)16(20)13-5-4-6-14(18)15(13)19/h4-10,16,20H,1-3H3. The van der Waals surface area contributed by atoms with Gasteiger partial charge in [0.15, 0.2) is 0 Å². The minimum atomic E-state index is -0.957. The molecule has 2 rings (SSSR count). The summed E-state index contributed by atoms with van der Waals surface area (Å²) in [5, 5.41) is 10.3. The van der Waals surface area contributed by atoms with Gasteiger partial charge in [0.25, 0.3) is 0 Å². The van der Waals surface area contributed by atoms with Gasteiger partial charge >= 0.3 is 0 Å². The normalized spacial score (nSPS) is 13.3. The topological polar surface area (TPSA) is 20.2 Å². The Labute approximate surface area is 127 Å². The molecule has 0 fully saturated rings. The molecule has 0 heterocycles. The van der Waals surface area contributed by atoms with Crippen molar-refractivity contribution in [3.63, 3.8) is 0 Å². The lowest BCUT2D eigenvalue weighted by Crippen LogP contribution is -2.11. The number of aliphatic hydroxyl groups is 1. The average molecular weight is 337 g/mol. The van der Waals surface area contributed by atoms with Gasteiger partial charge in [-0.05, 0) is 38.5 Å². The van der Waals surface area contributed by atoms with Crippen LogP contribution in [0.25, 0.3) is 0 Å². The maximum Gasteiger partial charge on any atom is 0.143 e. The Bertz CT molecular complexity index is 599. The summed E-state index contributed by atoms with van der Waals surface area (Å²) in [4.78, 5) is 0. The van der Waals surface area contributed by atoms with E-state index < -0.39 is 11.9 Å². The Balaban J connectivity index is 2.34. The lowest BCUT2D eigenvalue weighted by Gasteiger charge is -2.20.